The monoisotopic (exact) mass is 286 g/mol. The summed E-state index contributed by atoms with van der Waals surface area (Å²) < 4.78 is 5.71. The first-order chi connectivity index (χ1) is 10.2. The number of imidazole rings is 1. The van der Waals surface area contributed by atoms with E-state index in [0.717, 1.165) is 17.1 Å². The molecule has 0 radical (unpaired) electrons. The second-order valence-corrected chi connectivity index (χ2v) is 5.19. The van der Waals surface area contributed by atoms with Crippen molar-refractivity contribution in [2.45, 2.75) is 19.4 Å². The first-order valence-corrected chi connectivity index (χ1v) is 7.02. The van der Waals surface area contributed by atoms with Crippen molar-refractivity contribution in [2.24, 2.45) is 0 Å². The molecule has 0 unspecified atom stereocenters. The van der Waals surface area contributed by atoms with Gasteiger partial charge in [-0.05, 0) is 18.6 Å². The molecule has 1 fully saturated rings. The Bertz CT molecular complexity index is 611. The summed E-state index contributed by atoms with van der Waals surface area (Å²) >= 11 is 0. The van der Waals surface area contributed by atoms with Crippen LogP contribution in [0.25, 0.3) is 0 Å². The van der Waals surface area contributed by atoms with E-state index in [2.05, 4.69) is 15.0 Å². The van der Waals surface area contributed by atoms with Crippen LogP contribution in [0.2, 0.25) is 0 Å². The van der Waals surface area contributed by atoms with Gasteiger partial charge in [-0.15, -0.1) is 0 Å². The van der Waals surface area contributed by atoms with Crippen molar-refractivity contribution in [1.29, 1.82) is 0 Å². The molecule has 6 heteroatoms. The van der Waals surface area contributed by atoms with E-state index in [0.29, 0.717) is 26.1 Å². The van der Waals surface area contributed by atoms with Gasteiger partial charge in [0.25, 0.3) is 0 Å². The van der Waals surface area contributed by atoms with Gasteiger partial charge in [-0.1, -0.05) is 6.07 Å². The number of nitrogens with zero attached hydrogens (tertiary/aromatic N) is 3. The zero-order valence-electron chi connectivity index (χ0n) is 12.0. The van der Waals surface area contributed by atoms with Crippen LogP contribution in [-0.2, 0) is 16.0 Å². The number of aryl methyl sites for hydroxylation is 1. The van der Waals surface area contributed by atoms with Crippen LogP contribution in [0.1, 0.15) is 23.2 Å². The topological polar surface area (TPSA) is 71.1 Å². The third kappa shape index (κ3) is 3.28. The van der Waals surface area contributed by atoms with E-state index >= 15 is 0 Å². The fraction of sp³-hybridized carbons (Fsp3) is 0.400. The molecule has 1 N–H and O–H groups in total. The lowest BCUT2D eigenvalue weighted by atomic mass is 10.1. The van der Waals surface area contributed by atoms with Crippen molar-refractivity contribution in [3.63, 3.8) is 0 Å². The van der Waals surface area contributed by atoms with E-state index in [9.17, 15) is 4.79 Å². The van der Waals surface area contributed by atoms with Crippen LogP contribution in [0.5, 0.6) is 0 Å². The molecule has 1 amide bonds. The molecular weight excluding hydrogens is 268 g/mol. The van der Waals surface area contributed by atoms with E-state index in [1.807, 2.05) is 24.0 Å². The van der Waals surface area contributed by atoms with E-state index in [4.69, 9.17) is 4.74 Å². The second kappa shape index (κ2) is 6.05. The maximum absolute atomic E-state index is 12.4. The molecule has 1 atom stereocenters. The molecule has 3 rings (SSSR count). The highest BCUT2D eigenvalue weighted by Gasteiger charge is 2.27. The fourth-order valence-corrected chi connectivity index (χ4v) is 2.43. The van der Waals surface area contributed by atoms with Gasteiger partial charge >= 0.3 is 0 Å². The summed E-state index contributed by atoms with van der Waals surface area (Å²) in [5.41, 5.74) is 1.92. The van der Waals surface area contributed by atoms with Crippen molar-refractivity contribution < 1.29 is 9.53 Å². The molecule has 0 saturated carbocycles. The summed E-state index contributed by atoms with van der Waals surface area (Å²) in [5.74, 6) is 0.881. The number of morpholine rings is 1. The molecule has 0 bridgehead atoms. The number of nitrogens with one attached hydrogen (secondary N) is 1. The van der Waals surface area contributed by atoms with Crippen molar-refractivity contribution >= 4 is 5.91 Å². The number of carbonyl (C=O) groups excluding carboxylic acids is 1. The van der Waals surface area contributed by atoms with Gasteiger partial charge in [-0.3, -0.25) is 9.78 Å². The van der Waals surface area contributed by atoms with Gasteiger partial charge in [0.2, 0.25) is 5.91 Å². The lowest BCUT2D eigenvalue weighted by Gasteiger charge is -2.32. The molecule has 6 nitrogen and oxygen atoms in total. The summed E-state index contributed by atoms with van der Waals surface area (Å²) in [6.45, 7) is 3.63. The molecule has 2 aromatic heterocycles. The zero-order valence-corrected chi connectivity index (χ0v) is 12.0. The van der Waals surface area contributed by atoms with Crippen LogP contribution in [0, 0.1) is 6.92 Å². The smallest absolute Gasteiger partial charge is 0.227 e. The summed E-state index contributed by atoms with van der Waals surface area (Å²) in [6, 6.07) is 3.76. The molecular formula is C15H18N4O2. The molecule has 0 spiro atoms. The quantitative estimate of drug-likeness (QED) is 0.922. The van der Waals surface area contributed by atoms with Gasteiger partial charge in [0, 0.05) is 30.8 Å². The number of aromatic amines is 1. The van der Waals surface area contributed by atoms with Crippen molar-refractivity contribution in [3.8, 4) is 0 Å². The Morgan fingerprint density at radius 3 is 3.14 bits per heavy atom. The number of hydrogen-bond donors (Lipinski definition) is 1. The van der Waals surface area contributed by atoms with Crippen LogP contribution < -0.4 is 0 Å². The third-order valence-corrected chi connectivity index (χ3v) is 3.52. The normalized spacial score (nSPS) is 18.7. The number of ether oxygens (including phenoxy) is 1. The number of rotatable bonds is 3. The maximum Gasteiger partial charge on any atom is 0.227 e. The van der Waals surface area contributed by atoms with Crippen LogP contribution in [0.15, 0.2) is 30.7 Å². The first kappa shape index (κ1) is 13.8. The standard InChI is InChI=1S/C15H18N4O2/c1-11-8-17-15(18-11)13-10-19(5-6-21-13)14(20)7-12-3-2-4-16-9-12/h2-4,8-9,13H,5-7,10H2,1H3,(H,17,18)/t13-/m0/s1. The predicted molar refractivity (Wildman–Crippen MR) is 76.5 cm³/mol. The molecule has 110 valence electrons. The van der Waals surface area contributed by atoms with E-state index in [1.165, 1.54) is 0 Å². The molecule has 21 heavy (non-hydrogen) atoms. The number of carbonyl (C=O) groups is 1. The Kier molecular flexibility index (Phi) is 3.96. The molecule has 3 heterocycles. The maximum atomic E-state index is 12.4. The SMILES string of the molecule is Cc1cnc([C@@H]2CN(C(=O)Cc3cccnc3)CCO2)[nH]1. The van der Waals surface area contributed by atoms with E-state index in [1.54, 1.807) is 18.6 Å². The molecule has 1 aliphatic rings. The molecule has 0 aromatic carbocycles. The number of hydrogen-bond acceptors (Lipinski definition) is 4. The van der Waals surface area contributed by atoms with Gasteiger partial charge in [0.1, 0.15) is 11.9 Å². The molecule has 0 aliphatic carbocycles. The van der Waals surface area contributed by atoms with Crippen molar-refractivity contribution in [3.05, 3.63) is 47.8 Å². The lowest BCUT2D eigenvalue weighted by Crippen LogP contribution is -2.43. The van der Waals surface area contributed by atoms with Gasteiger partial charge in [-0.2, -0.15) is 0 Å². The van der Waals surface area contributed by atoms with Gasteiger partial charge in [-0.25, -0.2) is 4.98 Å². The Hall–Kier alpha value is -2.21. The fourth-order valence-electron chi connectivity index (χ4n) is 2.43. The van der Waals surface area contributed by atoms with E-state index in [-0.39, 0.29) is 12.0 Å². The highest BCUT2D eigenvalue weighted by atomic mass is 16.5. The average molecular weight is 286 g/mol. The zero-order chi connectivity index (χ0) is 14.7. The van der Waals surface area contributed by atoms with Crippen LogP contribution in [0.3, 0.4) is 0 Å². The van der Waals surface area contributed by atoms with Crippen LogP contribution >= 0.6 is 0 Å². The number of pyridine rings is 1. The Balaban J connectivity index is 1.64. The highest BCUT2D eigenvalue weighted by Crippen LogP contribution is 2.20. The van der Waals surface area contributed by atoms with Crippen molar-refractivity contribution in [1.82, 2.24) is 19.9 Å². The van der Waals surface area contributed by atoms with Gasteiger partial charge < -0.3 is 14.6 Å². The minimum absolute atomic E-state index is 0.0968. The number of aromatic nitrogens is 3. The Morgan fingerprint density at radius 1 is 1.52 bits per heavy atom. The first-order valence-electron chi connectivity index (χ1n) is 7.02. The third-order valence-electron chi connectivity index (χ3n) is 3.52. The summed E-state index contributed by atoms with van der Waals surface area (Å²) in [4.78, 5) is 25.7. The molecule has 2 aromatic rings. The van der Waals surface area contributed by atoms with Gasteiger partial charge in [0.15, 0.2) is 0 Å². The highest BCUT2D eigenvalue weighted by molar-refractivity contribution is 5.78. The Labute approximate surface area is 123 Å². The average Bonchev–Trinajstić information content (AvgIpc) is 2.95. The predicted octanol–water partition coefficient (Wildman–Crippen LogP) is 1.26. The molecule has 1 saturated heterocycles. The second-order valence-electron chi connectivity index (χ2n) is 5.19. The number of H-pyrrole nitrogens is 1. The van der Waals surface area contributed by atoms with Crippen molar-refractivity contribution in [2.75, 3.05) is 19.7 Å². The summed E-state index contributed by atoms with van der Waals surface area (Å²) in [6.07, 6.45) is 5.40. The minimum Gasteiger partial charge on any atom is -0.367 e. The van der Waals surface area contributed by atoms with Crippen LogP contribution in [-0.4, -0.2) is 45.5 Å². The van der Waals surface area contributed by atoms with Gasteiger partial charge in [0.05, 0.1) is 19.6 Å². The largest absolute Gasteiger partial charge is 0.367 e. The lowest BCUT2D eigenvalue weighted by molar-refractivity contribution is -0.138. The van der Waals surface area contributed by atoms with E-state index < -0.39 is 0 Å². The Morgan fingerprint density at radius 2 is 2.43 bits per heavy atom. The summed E-state index contributed by atoms with van der Waals surface area (Å²) in [5, 5.41) is 0. The molecule has 1 aliphatic heterocycles. The summed E-state index contributed by atoms with van der Waals surface area (Å²) in [7, 11) is 0. The van der Waals surface area contributed by atoms with Crippen LogP contribution in [0.4, 0.5) is 0 Å². The number of amides is 1. The minimum atomic E-state index is -0.176.